The Balaban J connectivity index is 2.31. The molecule has 3 amide bonds. The number of hydrogen-bond donors (Lipinski definition) is 3. The van der Waals surface area contributed by atoms with Crippen molar-refractivity contribution in [3.63, 3.8) is 0 Å². The topological polar surface area (TPSA) is 98.7 Å². The SMILES string of the molecule is O=C(O)NCCN1CC(=O)NCC1=O. The molecular formula is C7H11N3O4. The average Bonchev–Trinajstić information content (AvgIpc) is 2.10. The van der Waals surface area contributed by atoms with Crippen molar-refractivity contribution in [2.24, 2.45) is 0 Å². The summed E-state index contributed by atoms with van der Waals surface area (Å²) in [5, 5.41) is 12.8. The monoisotopic (exact) mass is 201 g/mol. The lowest BCUT2D eigenvalue weighted by Crippen LogP contribution is -2.53. The van der Waals surface area contributed by atoms with Crippen LogP contribution in [0.25, 0.3) is 0 Å². The van der Waals surface area contributed by atoms with Crippen LogP contribution in [-0.2, 0) is 9.59 Å². The van der Waals surface area contributed by atoms with E-state index in [1.165, 1.54) is 4.90 Å². The second-order valence-corrected chi connectivity index (χ2v) is 2.82. The zero-order valence-electron chi connectivity index (χ0n) is 7.45. The Labute approximate surface area is 80.1 Å². The second kappa shape index (κ2) is 4.45. The Morgan fingerprint density at radius 2 is 2.29 bits per heavy atom. The first-order valence-electron chi connectivity index (χ1n) is 4.11. The van der Waals surface area contributed by atoms with Gasteiger partial charge in [0.05, 0.1) is 13.1 Å². The maximum atomic E-state index is 11.2. The predicted molar refractivity (Wildman–Crippen MR) is 45.6 cm³/mol. The lowest BCUT2D eigenvalue weighted by Gasteiger charge is -2.26. The van der Waals surface area contributed by atoms with Gasteiger partial charge < -0.3 is 20.6 Å². The van der Waals surface area contributed by atoms with Gasteiger partial charge in [0.15, 0.2) is 0 Å². The summed E-state index contributed by atoms with van der Waals surface area (Å²) in [6.45, 7) is 0.346. The Hall–Kier alpha value is -1.79. The van der Waals surface area contributed by atoms with Gasteiger partial charge >= 0.3 is 6.09 Å². The minimum Gasteiger partial charge on any atom is -0.465 e. The first-order valence-corrected chi connectivity index (χ1v) is 4.11. The van der Waals surface area contributed by atoms with E-state index in [-0.39, 0.29) is 38.0 Å². The van der Waals surface area contributed by atoms with Gasteiger partial charge in [0.25, 0.3) is 0 Å². The van der Waals surface area contributed by atoms with Crippen LogP contribution >= 0.6 is 0 Å². The van der Waals surface area contributed by atoms with E-state index in [1.807, 2.05) is 0 Å². The molecule has 7 nitrogen and oxygen atoms in total. The van der Waals surface area contributed by atoms with Crippen molar-refractivity contribution in [1.82, 2.24) is 15.5 Å². The summed E-state index contributed by atoms with van der Waals surface area (Å²) in [5.74, 6) is -0.420. The van der Waals surface area contributed by atoms with Crippen LogP contribution in [0.15, 0.2) is 0 Å². The molecule has 1 rings (SSSR count). The van der Waals surface area contributed by atoms with Crippen molar-refractivity contribution in [1.29, 1.82) is 0 Å². The molecule has 0 bridgehead atoms. The highest BCUT2D eigenvalue weighted by Gasteiger charge is 2.22. The third-order valence-electron chi connectivity index (χ3n) is 1.78. The van der Waals surface area contributed by atoms with Crippen molar-refractivity contribution in [2.45, 2.75) is 0 Å². The molecule has 0 aromatic heterocycles. The highest BCUT2D eigenvalue weighted by Crippen LogP contribution is 1.93. The van der Waals surface area contributed by atoms with Crippen LogP contribution in [-0.4, -0.2) is 54.1 Å². The first-order chi connectivity index (χ1) is 6.59. The standard InChI is InChI=1S/C7H11N3O4/c11-5-4-10(6(12)3-9-5)2-1-8-7(13)14/h8H,1-4H2,(H,9,11)(H,13,14). The summed E-state index contributed by atoms with van der Waals surface area (Å²) in [4.78, 5) is 33.4. The third-order valence-corrected chi connectivity index (χ3v) is 1.78. The third kappa shape index (κ3) is 2.92. The number of nitrogens with one attached hydrogen (secondary N) is 2. The van der Waals surface area contributed by atoms with Crippen molar-refractivity contribution in [2.75, 3.05) is 26.2 Å². The number of carboxylic acid groups (broad SMARTS) is 1. The van der Waals surface area contributed by atoms with Gasteiger partial charge in [-0.3, -0.25) is 9.59 Å². The Kier molecular flexibility index (Phi) is 3.27. The van der Waals surface area contributed by atoms with Gasteiger partial charge in [-0.25, -0.2) is 4.79 Å². The van der Waals surface area contributed by atoms with Crippen molar-refractivity contribution < 1.29 is 19.5 Å². The fraction of sp³-hybridized carbons (Fsp3) is 0.571. The molecule has 0 aliphatic carbocycles. The zero-order valence-corrected chi connectivity index (χ0v) is 7.45. The molecule has 1 aliphatic rings. The van der Waals surface area contributed by atoms with Crippen LogP contribution in [0, 0.1) is 0 Å². The summed E-state index contributed by atoms with van der Waals surface area (Å²) in [6.07, 6.45) is -1.14. The molecule has 0 aromatic carbocycles. The number of amides is 3. The predicted octanol–water partition coefficient (Wildman–Crippen LogP) is -1.79. The van der Waals surface area contributed by atoms with Gasteiger partial charge in [-0.2, -0.15) is 0 Å². The summed E-state index contributed by atoms with van der Waals surface area (Å²) < 4.78 is 0. The highest BCUT2D eigenvalue weighted by atomic mass is 16.4. The van der Waals surface area contributed by atoms with E-state index in [1.54, 1.807) is 0 Å². The van der Waals surface area contributed by atoms with E-state index in [0.717, 1.165) is 0 Å². The molecule has 3 N–H and O–H groups in total. The smallest absolute Gasteiger partial charge is 0.404 e. The molecule has 0 aromatic rings. The lowest BCUT2D eigenvalue weighted by atomic mass is 10.3. The van der Waals surface area contributed by atoms with Gasteiger partial charge in [-0.1, -0.05) is 0 Å². The minimum absolute atomic E-state index is 0.000131. The maximum Gasteiger partial charge on any atom is 0.404 e. The minimum atomic E-state index is -1.14. The van der Waals surface area contributed by atoms with Crippen LogP contribution < -0.4 is 10.6 Å². The molecule has 1 aliphatic heterocycles. The average molecular weight is 201 g/mol. The van der Waals surface area contributed by atoms with E-state index in [4.69, 9.17) is 5.11 Å². The number of rotatable bonds is 3. The molecular weight excluding hydrogens is 190 g/mol. The summed E-state index contributed by atoms with van der Waals surface area (Å²) >= 11 is 0. The number of carbonyl (C=O) groups excluding carboxylic acids is 2. The van der Waals surface area contributed by atoms with Crippen molar-refractivity contribution in [3.8, 4) is 0 Å². The molecule has 7 heteroatoms. The molecule has 1 saturated heterocycles. The molecule has 0 spiro atoms. The summed E-state index contributed by atoms with van der Waals surface area (Å²) in [6, 6.07) is 0. The molecule has 78 valence electrons. The number of piperazine rings is 1. The van der Waals surface area contributed by atoms with Gasteiger partial charge in [0.2, 0.25) is 11.8 Å². The van der Waals surface area contributed by atoms with Gasteiger partial charge in [0.1, 0.15) is 0 Å². The van der Waals surface area contributed by atoms with Crippen LogP contribution in [0.5, 0.6) is 0 Å². The first kappa shape index (κ1) is 10.3. The normalized spacial score (nSPS) is 16.4. The fourth-order valence-corrected chi connectivity index (χ4v) is 1.10. The molecule has 14 heavy (non-hydrogen) atoms. The maximum absolute atomic E-state index is 11.2. The van der Waals surface area contributed by atoms with Crippen LogP contribution in [0.1, 0.15) is 0 Å². The highest BCUT2D eigenvalue weighted by molar-refractivity contribution is 5.92. The lowest BCUT2D eigenvalue weighted by molar-refractivity contribution is -0.140. The largest absolute Gasteiger partial charge is 0.465 e. The zero-order chi connectivity index (χ0) is 10.6. The second-order valence-electron chi connectivity index (χ2n) is 2.82. The van der Waals surface area contributed by atoms with Crippen LogP contribution in [0.4, 0.5) is 4.79 Å². The van der Waals surface area contributed by atoms with E-state index in [0.29, 0.717) is 0 Å². The van der Waals surface area contributed by atoms with E-state index < -0.39 is 6.09 Å². The number of hydrogen-bond acceptors (Lipinski definition) is 3. The quantitative estimate of drug-likeness (QED) is 0.502. The van der Waals surface area contributed by atoms with Gasteiger partial charge in [-0.15, -0.1) is 0 Å². The van der Waals surface area contributed by atoms with E-state index in [2.05, 4.69) is 10.6 Å². The van der Waals surface area contributed by atoms with Crippen molar-refractivity contribution >= 4 is 17.9 Å². The summed E-state index contributed by atoms with van der Waals surface area (Å²) in [7, 11) is 0. The van der Waals surface area contributed by atoms with Crippen molar-refractivity contribution in [3.05, 3.63) is 0 Å². The fourth-order valence-electron chi connectivity index (χ4n) is 1.10. The molecule has 1 heterocycles. The van der Waals surface area contributed by atoms with E-state index in [9.17, 15) is 14.4 Å². The Morgan fingerprint density at radius 1 is 1.57 bits per heavy atom. The molecule has 0 unspecified atom stereocenters. The molecule has 1 fully saturated rings. The van der Waals surface area contributed by atoms with Gasteiger partial charge in [0, 0.05) is 13.1 Å². The molecule has 0 atom stereocenters. The Morgan fingerprint density at radius 3 is 2.93 bits per heavy atom. The van der Waals surface area contributed by atoms with E-state index >= 15 is 0 Å². The Bertz CT molecular complexity index is 266. The van der Waals surface area contributed by atoms with Gasteiger partial charge in [-0.05, 0) is 0 Å². The summed E-state index contributed by atoms with van der Waals surface area (Å²) in [5.41, 5.74) is 0. The van der Waals surface area contributed by atoms with Crippen LogP contribution in [0.3, 0.4) is 0 Å². The molecule has 0 saturated carbocycles. The number of carbonyl (C=O) groups is 3. The number of nitrogens with zero attached hydrogens (tertiary/aromatic N) is 1. The molecule has 0 radical (unpaired) electrons. The van der Waals surface area contributed by atoms with Crippen LogP contribution in [0.2, 0.25) is 0 Å².